The summed E-state index contributed by atoms with van der Waals surface area (Å²) >= 11 is 0. The zero-order valence-corrected chi connectivity index (χ0v) is 14.0. The van der Waals surface area contributed by atoms with Gasteiger partial charge in [-0.3, -0.25) is 4.79 Å². The van der Waals surface area contributed by atoms with Gasteiger partial charge in [-0.1, -0.05) is 42.5 Å². The van der Waals surface area contributed by atoms with E-state index in [9.17, 15) is 4.79 Å². The zero-order valence-electron chi connectivity index (χ0n) is 14.0. The molecule has 0 radical (unpaired) electrons. The van der Waals surface area contributed by atoms with Gasteiger partial charge in [-0.25, -0.2) is 5.43 Å². The number of amides is 1. The average Bonchev–Trinajstić information content (AvgIpc) is 2.67. The molecule has 0 aromatic heterocycles. The quantitative estimate of drug-likeness (QED) is 0.573. The molecule has 0 heterocycles. The van der Waals surface area contributed by atoms with E-state index in [1.165, 1.54) is 14.2 Å². The predicted octanol–water partition coefficient (Wildman–Crippen LogP) is 3.62. The number of rotatable bonds is 5. The van der Waals surface area contributed by atoms with Crippen LogP contribution >= 0.6 is 0 Å². The number of carbonyl (C=O) groups is 1. The highest BCUT2D eigenvalue weighted by molar-refractivity contribution is 6.00. The van der Waals surface area contributed by atoms with Crippen LogP contribution in [-0.4, -0.2) is 26.3 Å². The molecule has 5 heteroatoms. The normalized spacial score (nSPS) is 10.8. The first-order valence-corrected chi connectivity index (χ1v) is 7.75. The fraction of sp³-hybridized carbons (Fsp3) is 0.100. The van der Waals surface area contributed by atoms with Crippen molar-refractivity contribution < 1.29 is 14.3 Å². The summed E-state index contributed by atoms with van der Waals surface area (Å²) in [5.74, 6) is 0.749. The average molecular weight is 334 g/mol. The molecule has 5 nitrogen and oxygen atoms in total. The van der Waals surface area contributed by atoms with Gasteiger partial charge in [0.05, 0.1) is 20.4 Å². The van der Waals surface area contributed by atoms with Crippen molar-refractivity contribution in [2.24, 2.45) is 5.10 Å². The molecule has 0 bridgehead atoms. The van der Waals surface area contributed by atoms with Gasteiger partial charge in [-0.2, -0.15) is 5.10 Å². The molecule has 0 saturated heterocycles. The number of benzene rings is 3. The maximum absolute atomic E-state index is 12.3. The van der Waals surface area contributed by atoms with Crippen LogP contribution in [0.25, 0.3) is 10.8 Å². The highest BCUT2D eigenvalue weighted by Gasteiger charge is 2.09. The lowest BCUT2D eigenvalue weighted by atomic mass is 10.1. The van der Waals surface area contributed by atoms with Crippen LogP contribution in [0.4, 0.5) is 0 Å². The third-order valence-corrected chi connectivity index (χ3v) is 3.81. The number of carbonyl (C=O) groups excluding carboxylic acids is 1. The lowest BCUT2D eigenvalue weighted by molar-refractivity contribution is 0.0954. The summed E-state index contributed by atoms with van der Waals surface area (Å²) < 4.78 is 10.3. The van der Waals surface area contributed by atoms with Gasteiger partial charge in [-0.15, -0.1) is 0 Å². The second-order valence-corrected chi connectivity index (χ2v) is 5.37. The summed E-state index contributed by atoms with van der Waals surface area (Å²) in [4.78, 5) is 12.3. The van der Waals surface area contributed by atoms with Crippen molar-refractivity contribution in [1.29, 1.82) is 0 Å². The van der Waals surface area contributed by atoms with Crippen LogP contribution in [0.2, 0.25) is 0 Å². The number of hydrazone groups is 1. The molecule has 0 atom stereocenters. The number of nitrogens with zero attached hydrogens (tertiary/aromatic N) is 1. The molecule has 3 aromatic carbocycles. The van der Waals surface area contributed by atoms with Crippen LogP contribution in [0.1, 0.15) is 15.9 Å². The summed E-state index contributed by atoms with van der Waals surface area (Å²) in [5, 5.41) is 6.27. The van der Waals surface area contributed by atoms with Gasteiger partial charge in [0.15, 0.2) is 0 Å². The van der Waals surface area contributed by atoms with Gasteiger partial charge >= 0.3 is 0 Å². The third kappa shape index (κ3) is 3.77. The third-order valence-electron chi connectivity index (χ3n) is 3.81. The van der Waals surface area contributed by atoms with Crippen molar-refractivity contribution in [1.82, 2.24) is 5.43 Å². The van der Waals surface area contributed by atoms with E-state index in [2.05, 4.69) is 10.5 Å². The molecule has 25 heavy (non-hydrogen) atoms. The van der Waals surface area contributed by atoms with Gasteiger partial charge in [-0.05, 0) is 22.9 Å². The molecule has 1 amide bonds. The Morgan fingerprint density at radius 3 is 2.36 bits per heavy atom. The molecule has 3 aromatic rings. The zero-order chi connectivity index (χ0) is 17.6. The SMILES string of the molecule is COc1cc(OC)cc(C(=O)N/N=C/c2cccc3ccccc23)c1. The van der Waals surface area contributed by atoms with Crippen LogP contribution in [0, 0.1) is 0 Å². The summed E-state index contributed by atoms with van der Waals surface area (Å²) in [6.07, 6.45) is 1.64. The number of fused-ring (bicyclic) bond motifs is 1. The molecule has 0 spiro atoms. The minimum Gasteiger partial charge on any atom is -0.497 e. The summed E-state index contributed by atoms with van der Waals surface area (Å²) in [5.41, 5.74) is 3.87. The molecular formula is C20H18N2O3. The Morgan fingerprint density at radius 1 is 0.960 bits per heavy atom. The summed E-state index contributed by atoms with van der Waals surface area (Å²) in [7, 11) is 3.07. The first-order chi connectivity index (χ1) is 12.2. The number of nitrogens with one attached hydrogen (secondary N) is 1. The van der Waals surface area contributed by atoms with Gasteiger partial charge in [0.2, 0.25) is 0 Å². The first-order valence-electron chi connectivity index (χ1n) is 7.75. The van der Waals surface area contributed by atoms with Gasteiger partial charge < -0.3 is 9.47 Å². The van der Waals surface area contributed by atoms with Crippen molar-refractivity contribution in [2.45, 2.75) is 0 Å². The molecule has 1 N–H and O–H groups in total. The van der Waals surface area contributed by atoms with E-state index < -0.39 is 0 Å². The molecular weight excluding hydrogens is 316 g/mol. The van der Waals surface area contributed by atoms with Crippen LogP contribution in [0.5, 0.6) is 11.5 Å². The Morgan fingerprint density at radius 2 is 1.64 bits per heavy atom. The minimum atomic E-state index is -0.339. The largest absolute Gasteiger partial charge is 0.497 e. The Kier molecular flexibility index (Phi) is 4.95. The molecule has 3 rings (SSSR count). The van der Waals surface area contributed by atoms with E-state index >= 15 is 0 Å². The van der Waals surface area contributed by atoms with Crippen molar-refractivity contribution >= 4 is 22.9 Å². The maximum Gasteiger partial charge on any atom is 0.271 e. The van der Waals surface area contributed by atoms with E-state index in [1.54, 1.807) is 24.4 Å². The van der Waals surface area contributed by atoms with Crippen molar-refractivity contribution in [3.05, 3.63) is 71.8 Å². The Balaban J connectivity index is 1.79. The van der Waals surface area contributed by atoms with Gasteiger partial charge in [0.1, 0.15) is 11.5 Å². The highest BCUT2D eigenvalue weighted by Crippen LogP contribution is 2.22. The molecule has 0 aliphatic rings. The van der Waals surface area contributed by atoms with Crippen LogP contribution in [0.3, 0.4) is 0 Å². The topological polar surface area (TPSA) is 59.9 Å². The van der Waals surface area contributed by atoms with E-state index in [0.29, 0.717) is 17.1 Å². The van der Waals surface area contributed by atoms with Crippen molar-refractivity contribution in [2.75, 3.05) is 14.2 Å². The lowest BCUT2D eigenvalue weighted by Crippen LogP contribution is -2.17. The Hall–Kier alpha value is -3.34. The fourth-order valence-corrected chi connectivity index (χ4v) is 2.53. The number of ether oxygens (including phenoxy) is 2. The monoisotopic (exact) mass is 334 g/mol. The van der Waals surface area contributed by atoms with E-state index in [4.69, 9.17) is 9.47 Å². The molecule has 126 valence electrons. The van der Waals surface area contributed by atoms with E-state index in [0.717, 1.165) is 16.3 Å². The number of hydrogen-bond donors (Lipinski definition) is 1. The lowest BCUT2D eigenvalue weighted by Gasteiger charge is -2.07. The van der Waals surface area contributed by atoms with Crippen molar-refractivity contribution in [3.63, 3.8) is 0 Å². The van der Waals surface area contributed by atoms with E-state index in [-0.39, 0.29) is 5.91 Å². The summed E-state index contributed by atoms with van der Waals surface area (Å²) in [6.45, 7) is 0. The van der Waals surface area contributed by atoms with Gasteiger partial charge in [0, 0.05) is 17.2 Å². The van der Waals surface area contributed by atoms with Gasteiger partial charge in [0.25, 0.3) is 5.91 Å². The minimum absolute atomic E-state index is 0.339. The Bertz CT molecular complexity index is 908. The fourth-order valence-electron chi connectivity index (χ4n) is 2.53. The second-order valence-electron chi connectivity index (χ2n) is 5.37. The van der Waals surface area contributed by atoms with Crippen LogP contribution in [0.15, 0.2) is 65.8 Å². The molecule has 0 aliphatic heterocycles. The van der Waals surface area contributed by atoms with Crippen LogP contribution in [-0.2, 0) is 0 Å². The maximum atomic E-state index is 12.3. The Labute approximate surface area is 145 Å². The number of hydrogen-bond acceptors (Lipinski definition) is 4. The smallest absolute Gasteiger partial charge is 0.271 e. The summed E-state index contributed by atoms with van der Waals surface area (Å²) in [6, 6.07) is 18.9. The predicted molar refractivity (Wildman–Crippen MR) is 98.6 cm³/mol. The first kappa shape index (κ1) is 16.5. The second kappa shape index (κ2) is 7.49. The molecule has 0 aliphatic carbocycles. The standard InChI is InChI=1S/C20H18N2O3/c1-24-17-10-16(11-18(12-17)25-2)20(23)22-21-13-15-8-5-7-14-6-3-4-9-19(14)15/h3-13H,1-2H3,(H,22,23)/b21-13+. The van der Waals surface area contributed by atoms with Crippen molar-refractivity contribution in [3.8, 4) is 11.5 Å². The van der Waals surface area contributed by atoms with E-state index in [1.807, 2.05) is 42.5 Å². The molecule has 0 saturated carbocycles. The van der Waals surface area contributed by atoms with Crippen LogP contribution < -0.4 is 14.9 Å². The molecule has 0 fully saturated rings. The number of methoxy groups -OCH3 is 2. The molecule has 0 unspecified atom stereocenters. The highest BCUT2D eigenvalue weighted by atomic mass is 16.5.